The second-order valence-electron chi connectivity index (χ2n) is 4.33. The Morgan fingerprint density at radius 1 is 1.29 bits per heavy atom. The third-order valence-electron chi connectivity index (χ3n) is 2.72. The van der Waals surface area contributed by atoms with Gasteiger partial charge in [-0.05, 0) is 17.7 Å². The predicted octanol–water partition coefficient (Wildman–Crippen LogP) is 2.34. The number of methoxy groups -OCH3 is 1. The van der Waals surface area contributed by atoms with Crippen LogP contribution in [-0.2, 0) is 14.9 Å². The second-order valence-corrected chi connectivity index (χ2v) is 4.33. The molecule has 0 aliphatic rings. The Morgan fingerprint density at radius 3 is 2.12 bits per heavy atom. The van der Waals surface area contributed by atoms with Gasteiger partial charge in [0.25, 0.3) is 0 Å². The Labute approximate surface area is 98.0 Å². The predicted molar refractivity (Wildman–Crippen MR) is 57.8 cm³/mol. The minimum atomic E-state index is -1.18. The molecular weight excluding hydrogens is 230 g/mol. The number of ether oxygens (including phenoxy) is 1. The number of rotatable bonds is 4. The molecule has 94 valence electrons. The molecule has 1 aromatic rings. The van der Waals surface area contributed by atoms with Crippen LogP contribution in [0.25, 0.3) is 0 Å². The van der Waals surface area contributed by atoms with Gasteiger partial charge in [0.1, 0.15) is 11.6 Å². The molecule has 0 saturated heterocycles. The largest absolute Gasteiger partial charge is 0.479 e. The van der Waals surface area contributed by atoms with Gasteiger partial charge in [0.15, 0.2) is 6.10 Å². The van der Waals surface area contributed by atoms with Gasteiger partial charge in [-0.25, -0.2) is 13.6 Å². The first kappa shape index (κ1) is 13.6. The smallest absolute Gasteiger partial charge is 0.333 e. The van der Waals surface area contributed by atoms with Gasteiger partial charge in [-0.2, -0.15) is 0 Å². The molecule has 1 atom stereocenters. The van der Waals surface area contributed by atoms with E-state index in [1.165, 1.54) is 7.11 Å². The maximum Gasteiger partial charge on any atom is 0.333 e. The van der Waals surface area contributed by atoms with Crippen LogP contribution in [0.2, 0.25) is 0 Å². The van der Waals surface area contributed by atoms with Gasteiger partial charge >= 0.3 is 5.97 Å². The highest BCUT2D eigenvalue weighted by molar-refractivity contribution is 5.74. The van der Waals surface area contributed by atoms with E-state index >= 15 is 0 Å². The van der Waals surface area contributed by atoms with E-state index in [2.05, 4.69) is 0 Å². The fraction of sp³-hybridized carbons (Fsp3) is 0.417. The summed E-state index contributed by atoms with van der Waals surface area (Å²) < 4.78 is 31.1. The molecule has 0 spiro atoms. The van der Waals surface area contributed by atoms with Gasteiger partial charge in [-0.3, -0.25) is 0 Å². The Morgan fingerprint density at radius 2 is 1.76 bits per heavy atom. The topological polar surface area (TPSA) is 46.5 Å². The van der Waals surface area contributed by atoms with Crippen LogP contribution in [0.1, 0.15) is 19.4 Å². The van der Waals surface area contributed by atoms with Gasteiger partial charge in [0.05, 0.1) is 0 Å². The highest BCUT2D eigenvalue weighted by atomic mass is 19.1. The van der Waals surface area contributed by atoms with Gasteiger partial charge in [-0.1, -0.05) is 13.8 Å². The third-order valence-corrected chi connectivity index (χ3v) is 2.72. The van der Waals surface area contributed by atoms with Crippen molar-refractivity contribution in [3.05, 3.63) is 35.4 Å². The Bertz CT molecular complexity index is 410. The van der Waals surface area contributed by atoms with Gasteiger partial charge in [0.2, 0.25) is 0 Å². The SMILES string of the molecule is COC(C(=O)O)C(C)(C)c1cc(F)cc(F)c1. The summed E-state index contributed by atoms with van der Waals surface area (Å²) in [5, 5.41) is 9.00. The van der Waals surface area contributed by atoms with Gasteiger partial charge in [0, 0.05) is 18.6 Å². The van der Waals surface area contributed by atoms with Crippen LogP contribution in [0.15, 0.2) is 18.2 Å². The van der Waals surface area contributed by atoms with Gasteiger partial charge in [-0.15, -0.1) is 0 Å². The van der Waals surface area contributed by atoms with E-state index < -0.39 is 29.1 Å². The lowest BCUT2D eigenvalue weighted by molar-refractivity contribution is -0.152. The summed E-state index contributed by atoms with van der Waals surface area (Å²) in [4.78, 5) is 11.0. The molecule has 0 aromatic heterocycles. The Kier molecular flexibility index (Phi) is 3.83. The van der Waals surface area contributed by atoms with Gasteiger partial charge < -0.3 is 9.84 Å². The highest BCUT2D eigenvalue weighted by Crippen LogP contribution is 2.30. The van der Waals surface area contributed by atoms with Crippen LogP contribution >= 0.6 is 0 Å². The summed E-state index contributed by atoms with van der Waals surface area (Å²) in [5.41, 5.74) is -0.798. The van der Waals surface area contributed by atoms with Crippen LogP contribution in [0, 0.1) is 11.6 Å². The maximum absolute atomic E-state index is 13.1. The van der Waals surface area contributed by atoms with Crippen LogP contribution in [0.5, 0.6) is 0 Å². The number of halogens is 2. The van der Waals surface area contributed by atoms with Crippen molar-refractivity contribution in [3.63, 3.8) is 0 Å². The zero-order valence-electron chi connectivity index (χ0n) is 9.83. The van der Waals surface area contributed by atoms with E-state index in [4.69, 9.17) is 9.84 Å². The molecule has 0 fully saturated rings. The molecule has 0 saturated carbocycles. The fourth-order valence-corrected chi connectivity index (χ4v) is 1.78. The monoisotopic (exact) mass is 244 g/mol. The van der Waals surface area contributed by atoms with E-state index in [0.29, 0.717) is 0 Å². The van der Waals surface area contributed by atoms with Crippen molar-refractivity contribution in [2.24, 2.45) is 0 Å². The number of hydrogen-bond acceptors (Lipinski definition) is 2. The first-order valence-corrected chi connectivity index (χ1v) is 5.01. The molecule has 3 nitrogen and oxygen atoms in total. The lowest BCUT2D eigenvalue weighted by Gasteiger charge is -2.30. The normalized spacial score (nSPS) is 13.5. The van der Waals surface area contributed by atoms with Crippen LogP contribution in [-0.4, -0.2) is 24.3 Å². The molecule has 0 amide bonds. The van der Waals surface area contributed by atoms with E-state index in [1.54, 1.807) is 13.8 Å². The maximum atomic E-state index is 13.1. The minimum absolute atomic E-state index is 0.240. The molecule has 1 aromatic carbocycles. The average Bonchev–Trinajstić information content (AvgIpc) is 2.15. The summed E-state index contributed by atoms with van der Waals surface area (Å²) in [7, 11) is 1.25. The molecule has 0 bridgehead atoms. The Balaban J connectivity index is 3.23. The number of carboxylic acid groups (broad SMARTS) is 1. The summed E-state index contributed by atoms with van der Waals surface area (Å²) >= 11 is 0. The van der Waals surface area contributed by atoms with Crippen molar-refractivity contribution < 1.29 is 23.4 Å². The van der Waals surface area contributed by atoms with Crippen molar-refractivity contribution in [2.75, 3.05) is 7.11 Å². The number of benzene rings is 1. The molecule has 0 aliphatic carbocycles. The average molecular weight is 244 g/mol. The fourth-order valence-electron chi connectivity index (χ4n) is 1.78. The molecular formula is C12H14F2O3. The van der Waals surface area contributed by atoms with Crippen LogP contribution in [0.4, 0.5) is 8.78 Å². The zero-order chi connectivity index (χ0) is 13.2. The third kappa shape index (κ3) is 2.79. The van der Waals surface area contributed by atoms with Crippen molar-refractivity contribution in [2.45, 2.75) is 25.4 Å². The Hall–Kier alpha value is -1.49. The first-order valence-electron chi connectivity index (χ1n) is 5.01. The first-order chi connectivity index (χ1) is 7.78. The van der Waals surface area contributed by atoms with Crippen molar-refractivity contribution in [1.82, 2.24) is 0 Å². The number of carbonyl (C=O) groups is 1. The number of hydrogen-bond donors (Lipinski definition) is 1. The quantitative estimate of drug-likeness (QED) is 0.884. The van der Waals surface area contributed by atoms with Crippen LogP contribution in [0.3, 0.4) is 0 Å². The van der Waals surface area contributed by atoms with E-state index in [-0.39, 0.29) is 5.56 Å². The van der Waals surface area contributed by atoms with E-state index in [9.17, 15) is 13.6 Å². The molecule has 5 heteroatoms. The molecule has 1 rings (SSSR count). The lowest BCUT2D eigenvalue weighted by atomic mass is 9.79. The molecule has 0 aliphatic heterocycles. The molecule has 17 heavy (non-hydrogen) atoms. The highest BCUT2D eigenvalue weighted by Gasteiger charge is 2.37. The summed E-state index contributed by atoms with van der Waals surface area (Å²) in [6.07, 6.45) is -1.18. The minimum Gasteiger partial charge on any atom is -0.479 e. The zero-order valence-corrected chi connectivity index (χ0v) is 9.83. The van der Waals surface area contributed by atoms with Crippen molar-refractivity contribution in [3.8, 4) is 0 Å². The standard InChI is InChI=1S/C12H14F2O3/c1-12(2,10(17-3)11(15)16)7-4-8(13)6-9(14)5-7/h4-6,10H,1-3H3,(H,15,16). The second kappa shape index (κ2) is 4.79. The number of aliphatic carboxylic acids is 1. The lowest BCUT2D eigenvalue weighted by Crippen LogP contribution is -2.41. The van der Waals surface area contributed by atoms with E-state index in [0.717, 1.165) is 18.2 Å². The summed E-state index contributed by atoms with van der Waals surface area (Å²) in [6, 6.07) is 2.96. The molecule has 0 radical (unpaired) electrons. The van der Waals surface area contributed by atoms with Crippen LogP contribution < -0.4 is 0 Å². The molecule has 1 N–H and O–H groups in total. The summed E-state index contributed by atoms with van der Waals surface area (Å²) in [6.45, 7) is 3.12. The molecule has 0 heterocycles. The van der Waals surface area contributed by atoms with Crippen molar-refractivity contribution in [1.29, 1.82) is 0 Å². The number of carboxylic acids is 1. The molecule has 1 unspecified atom stereocenters. The van der Waals surface area contributed by atoms with Crippen molar-refractivity contribution >= 4 is 5.97 Å². The van der Waals surface area contributed by atoms with E-state index in [1.807, 2.05) is 0 Å². The summed E-state index contributed by atoms with van der Waals surface area (Å²) in [5.74, 6) is -2.66.